The van der Waals surface area contributed by atoms with Crippen LogP contribution in [-0.2, 0) is 6.54 Å². The van der Waals surface area contributed by atoms with E-state index in [1.54, 1.807) is 24.3 Å². The molecule has 1 aliphatic rings. The minimum Gasteiger partial charge on any atom is -0.345 e. The third kappa shape index (κ3) is 2.82. The standard InChI is InChI=1S/C18H16ClN3O/c19-13-5-3-4-12(10-13)18(23)20-11-17-21-15-6-1-2-7-16(15)22(17)14-8-9-14/h1-7,10,14H,8-9,11H2,(H,20,23). The van der Waals surface area contributed by atoms with Crippen LogP contribution in [0.4, 0.5) is 0 Å². The number of fused-ring (bicyclic) bond motifs is 1. The van der Waals surface area contributed by atoms with Gasteiger partial charge in [-0.1, -0.05) is 29.8 Å². The monoisotopic (exact) mass is 325 g/mol. The maximum absolute atomic E-state index is 12.3. The molecule has 4 rings (SSSR count). The Hall–Kier alpha value is -2.33. The number of nitrogens with one attached hydrogen (secondary N) is 1. The SMILES string of the molecule is O=C(NCc1nc2ccccc2n1C1CC1)c1cccc(Cl)c1. The molecule has 0 radical (unpaired) electrons. The molecule has 1 aromatic heterocycles. The average molecular weight is 326 g/mol. The molecule has 2 aromatic carbocycles. The number of hydrogen-bond acceptors (Lipinski definition) is 2. The number of hydrogen-bond donors (Lipinski definition) is 1. The van der Waals surface area contributed by atoms with Crippen LogP contribution >= 0.6 is 11.6 Å². The van der Waals surface area contributed by atoms with Gasteiger partial charge < -0.3 is 9.88 Å². The lowest BCUT2D eigenvalue weighted by Gasteiger charge is -2.09. The van der Waals surface area contributed by atoms with E-state index in [2.05, 4.69) is 20.9 Å². The fraction of sp³-hybridized carbons (Fsp3) is 0.222. The van der Waals surface area contributed by atoms with Crippen LogP contribution in [0.25, 0.3) is 11.0 Å². The summed E-state index contributed by atoms with van der Waals surface area (Å²) in [5, 5.41) is 3.50. The van der Waals surface area contributed by atoms with Gasteiger partial charge in [0.05, 0.1) is 17.6 Å². The smallest absolute Gasteiger partial charge is 0.251 e. The first-order valence-electron chi connectivity index (χ1n) is 7.72. The molecule has 0 spiro atoms. The van der Waals surface area contributed by atoms with Gasteiger partial charge in [0.25, 0.3) is 5.91 Å². The van der Waals surface area contributed by atoms with E-state index in [1.807, 2.05) is 18.2 Å². The Morgan fingerprint density at radius 1 is 1.22 bits per heavy atom. The van der Waals surface area contributed by atoms with Gasteiger partial charge in [-0.25, -0.2) is 4.98 Å². The summed E-state index contributed by atoms with van der Waals surface area (Å²) in [5.74, 6) is 0.769. The Kier molecular flexibility index (Phi) is 3.54. The molecular formula is C18H16ClN3O. The fourth-order valence-electron chi connectivity index (χ4n) is 2.85. The summed E-state index contributed by atoms with van der Waals surface area (Å²) in [6, 6.07) is 15.6. The van der Waals surface area contributed by atoms with Gasteiger partial charge in [-0.2, -0.15) is 0 Å². The van der Waals surface area contributed by atoms with Crippen LogP contribution in [0.2, 0.25) is 5.02 Å². The quantitative estimate of drug-likeness (QED) is 0.789. The van der Waals surface area contributed by atoms with E-state index in [0.717, 1.165) is 16.9 Å². The molecule has 5 heteroatoms. The maximum Gasteiger partial charge on any atom is 0.251 e. The van der Waals surface area contributed by atoms with E-state index in [9.17, 15) is 4.79 Å². The van der Waals surface area contributed by atoms with E-state index < -0.39 is 0 Å². The second-order valence-electron chi connectivity index (χ2n) is 5.81. The highest BCUT2D eigenvalue weighted by Crippen LogP contribution is 2.38. The van der Waals surface area contributed by atoms with Crippen molar-refractivity contribution in [1.29, 1.82) is 0 Å². The molecule has 0 bridgehead atoms. The molecule has 116 valence electrons. The van der Waals surface area contributed by atoms with E-state index in [4.69, 9.17) is 11.6 Å². The number of carbonyl (C=O) groups is 1. The molecule has 1 aliphatic carbocycles. The molecule has 0 saturated heterocycles. The Bertz CT molecular complexity index is 883. The second-order valence-corrected chi connectivity index (χ2v) is 6.25. The normalized spacial score (nSPS) is 14.1. The highest BCUT2D eigenvalue weighted by molar-refractivity contribution is 6.30. The van der Waals surface area contributed by atoms with E-state index >= 15 is 0 Å². The maximum atomic E-state index is 12.3. The van der Waals surface area contributed by atoms with Crippen LogP contribution in [0.15, 0.2) is 48.5 Å². The van der Waals surface area contributed by atoms with E-state index in [1.165, 1.54) is 12.8 Å². The van der Waals surface area contributed by atoms with E-state index in [-0.39, 0.29) is 5.91 Å². The zero-order valence-corrected chi connectivity index (χ0v) is 13.3. The first-order chi connectivity index (χ1) is 11.2. The number of para-hydroxylation sites is 2. The summed E-state index contributed by atoms with van der Waals surface area (Å²) in [6.07, 6.45) is 2.35. The van der Waals surface area contributed by atoms with Crippen LogP contribution in [0.3, 0.4) is 0 Å². The highest BCUT2D eigenvalue weighted by atomic mass is 35.5. The number of rotatable bonds is 4. The fourth-order valence-corrected chi connectivity index (χ4v) is 3.04. The molecule has 3 aromatic rings. The molecule has 0 atom stereocenters. The van der Waals surface area contributed by atoms with Gasteiger partial charge in [0.15, 0.2) is 0 Å². The van der Waals surface area contributed by atoms with Gasteiger partial charge in [-0.05, 0) is 43.2 Å². The molecule has 23 heavy (non-hydrogen) atoms. The zero-order chi connectivity index (χ0) is 15.8. The van der Waals surface area contributed by atoms with Crippen LogP contribution in [0, 0.1) is 0 Å². The molecule has 1 heterocycles. The molecule has 1 saturated carbocycles. The van der Waals surface area contributed by atoms with Crippen molar-refractivity contribution in [2.24, 2.45) is 0 Å². The highest BCUT2D eigenvalue weighted by Gasteiger charge is 2.28. The van der Waals surface area contributed by atoms with Crippen LogP contribution in [-0.4, -0.2) is 15.5 Å². The lowest BCUT2D eigenvalue weighted by Crippen LogP contribution is -2.24. The Labute approximate surface area is 139 Å². The summed E-state index contributed by atoms with van der Waals surface area (Å²) in [7, 11) is 0. The van der Waals surface area contributed by atoms with Crippen molar-refractivity contribution in [2.75, 3.05) is 0 Å². The Morgan fingerprint density at radius 2 is 2.04 bits per heavy atom. The molecule has 0 unspecified atom stereocenters. The summed E-state index contributed by atoms with van der Waals surface area (Å²) in [5.41, 5.74) is 2.68. The number of carbonyl (C=O) groups excluding carboxylic acids is 1. The number of halogens is 1. The third-order valence-corrected chi connectivity index (χ3v) is 4.31. The third-order valence-electron chi connectivity index (χ3n) is 4.07. The predicted molar refractivity (Wildman–Crippen MR) is 90.6 cm³/mol. The predicted octanol–water partition coefficient (Wildman–Crippen LogP) is 3.95. The van der Waals surface area contributed by atoms with Crippen molar-refractivity contribution in [2.45, 2.75) is 25.4 Å². The van der Waals surface area contributed by atoms with Gasteiger partial charge in [0.1, 0.15) is 5.82 Å². The van der Waals surface area contributed by atoms with Gasteiger partial charge in [-0.15, -0.1) is 0 Å². The molecule has 4 nitrogen and oxygen atoms in total. The topological polar surface area (TPSA) is 46.9 Å². The van der Waals surface area contributed by atoms with Crippen molar-refractivity contribution in [1.82, 2.24) is 14.9 Å². The van der Waals surface area contributed by atoms with Crippen molar-refractivity contribution in [3.8, 4) is 0 Å². The zero-order valence-electron chi connectivity index (χ0n) is 12.5. The Balaban J connectivity index is 1.58. The van der Waals surface area contributed by atoms with Crippen molar-refractivity contribution in [3.63, 3.8) is 0 Å². The first-order valence-corrected chi connectivity index (χ1v) is 8.10. The summed E-state index contributed by atoms with van der Waals surface area (Å²) in [4.78, 5) is 17.0. The van der Waals surface area contributed by atoms with Crippen LogP contribution in [0.1, 0.15) is 35.1 Å². The Morgan fingerprint density at radius 3 is 2.83 bits per heavy atom. The van der Waals surface area contributed by atoms with Gasteiger partial charge in [0, 0.05) is 16.6 Å². The van der Waals surface area contributed by atoms with E-state index in [0.29, 0.717) is 23.2 Å². The number of amides is 1. The lowest BCUT2D eigenvalue weighted by atomic mass is 10.2. The summed E-state index contributed by atoms with van der Waals surface area (Å²) >= 11 is 5.94. The largest absolute Gasteiger partial charge is 0.345 e. The number of nitrogens with zero attached hydrogens (tertiary/aromatic N) is 2. The lowest BCUT2D eigenvalue weighted by molar-refractivity contribution is 0.0949. The van der Waals surface area contributed by atoms with Gasteiger partial charge in [-0.3, -0.25) is 4.79 Å². The minimum atomic E-state index is -0.137. The van der Waals surface area contributed by atoms with Crippen LogP contribution < -0.4 is 5.32 Å². The van der Waals surface area contributed by atoms with Gasteiger partial charge in [0.2, 0.25) is 0 Å². The van der Waals surface area contributed by atoms with Crippen molar-refractivity contribution in [3.05, 3.63) is 64.9 Å². The average Bonchev–Trinajstić information content (AvgIpc) is 3.33. The molecular weight excluding hydrogens is 310 g/mol. The minimum absolute atomic E-state index is 0.137. The van der Waals surface area contributed by atoms with Crippen molar-refractivity contribution < 1.29 is 4.79 Å². The van der Waals surface area contributed by atoms with Crippen LogP contribution in [0.5, 0.6) is 0 Å². The number of imidazole rings is 1. The van der Waals surface area contributed by atoms with Gasteiger partial charge >= 0.3 is 0 Å². The molecule has 1 amide bonds. The summed E-state index contributed by atoms with van der Waals surface area (Å²) in [6.45, 7) is 0.413. The molecule has 1 N–H and O–H groups in total. The number of benzene rings is 2. The summed E-state index contributed by atoms with van der Waals surface area (Å²) < 4.78 is 2.26. The second kappa shape index (κ2) is 5.70. The number of aromatic nitrogens is 2. The van der Waals surface area contributed by atoms with Crippen molar-refractivity contribution >= 4 is 28.5 Å². The first kappa shape index (κ1) is 14.3. The molecule has 1 fully saturated rings. The molecule has 0 aliphatic heterocycles.